The van der Waals surface area contributed by atoms with E-state index in [1.807, 2.05) is 24.8 Å². The number of aliphatic carboxylic acids is 1. The molecule has 1 aromatic rings. The maximum absolute atomic E-state index is 13.9. The number of hydrogen-bond acceptors (Lipinski definition) is 3. The van der Waals surface area contributed by atoms with Crippen LogP contribution >= 0.6 is 24.8 Å². The Morgan fingerprint density at radius 3 is 2.73 bits per heavy atom. The van der Waals surface area contributed by atoms with Crippen molar-refractivity contribution in [2.45, 2.75) is 32.4 Å². The zero-order chi connectivity index (χ0) is 14.7. The highest BCUT2D eigenvalue weighted by molar-refractivity contribution is 5.85. The van der Waals surface area contributed by atoms with E-state index in [0.717, 1.165) is 12.1 Å². The Hall–Kier alpha value is -0.880. The summed E-state index contributed by atoms with van der Waals surface area (Å²) < 4.78 is 13.9. The summed E-state index contributed by atoms with van der Waals surface area (Å²) in [5.74, 6) is -1.21. The number of carbonyl (C=O) groups is 1. The van der Waals surface area contributed by atoms with Crippen molar-refractivity contribution in [1.82, 2.24) is 10.2 Å². The van der Waals surface area contributed by atoms with Gasteiger partial charge in [-0.15, -0.1) is 24.8 Å². The van der Waals surface area contributed by atoms with Gasteiger partial charge >= 0.3 is 5.97 Å². The monoisotopic (exact) mass is 352 g/mol. The van der Waals surface area contributed by atoms with Crippen molar-refractivity contribution >= 4 is 30.8 Å². The summed E-state index contributed by atoms with van der Waals surface area (Å²) in [4.78, 5) is 13.4. The molecular formula is C15H23Cl2FN2O2. The molecule has 1 aromatic carbocycles. The largest absolute Gasteiger partial charge is 0.480 e. The van der Waals surface area contributed by atoms with E-state index in [-0.39, 0.29) is 43.1 Å². The maximum atomic E-state index is 13.9. The van der Waals surface area contributed by atoms with E-state index in [1.165, 1.54) is 6.07 Å². The van der Waals surface area contributed by atoms with Crippen molar-refractivity contribution in [3.63, 3.8) is 0 Å². The Balaban J connectivity index is 0.00000220. The zero-order valence-corrected chi connectivity index (χ0v) is 14.3. The number of benzene rings is 1. The number of nitrogens with one attached hydrogen (secondary N) is 1. The van der Waals surface area contributed by atoms with E-state index in [1.54, 1.807) is 6.07 Å². The topological polar surface area (TPSA) is 52.6 Å². The van der Waals surface area contributed by atoms with Crippen LogP contribution in [0.4, 0.5) is 4.39 Å². The number of nitrogens with zero attached hydrogens (tertiary/aromatic N) is 1. The third-order valence-electron chi connectivity index (χ3n) is 3.75. The number of rotatable bonds is 4. The molecule has 1 saturated heterocycles. The molecule has 1 unspecified atom stereocenters. The van der Waals surface area contributed by atoms with Crippen LogP contribution in [0, 0.1) is 12.7 Å². The molecule has 0 bridgehead atoms. The van der Waals surface area contributed by atoms with Crippen molar-refractivity contribution in [1.29, 1.82) is 0 Å². The summed E-state index contributed by atoms with van der Waals surface area (Å²) in [5, 5.41) is 12.7. The smallest absolute Gasteiger partial charge is 0.321 e. The van der Waals surface area contributed by atoms with Crippen LogP contribution < -0.4 is 5.32 Å². The SMILES string of the molecule is Cc1ccc(CC(C(=O)O)N2CCN[C@@H](C)C2)c(F)c1.Cl.Cl. The first-order chi connectivity index (χ1) is 9.47. The number of aryl methyl sites for hydroxylation is 1. The Labute approximate surface area is 142 Å². The average molecular weight is 353 g/mol. The molecule has 2 N–H and O–H groups in total. The van der Waals surface area contributed by atoms with Crippen molar-refractivity contribution in [3.8, 4) is 0 Å². The summed E-state index contributed by atoms with van der Waals surface area (Å²) in [7, 11) is 0. The van der Waals surface area contributed by atoms with Gasteiger partial charge in [-0.05, 0) is 31.0 Å². The first-order valence-corrected chi connectivity index (χ1v) is 6.92. The molecule has 0 aliphatic carbocycles. The Morgan fingerprint density at radius 1 is 1.50 bits per heavy atom. The molecule has 0 amide bonds. The predicted molar refractivity (Wildman–Crippen MR) is 89.8 cm³/mol. The highest BCUT2D eigenvalue weighted by Crippen LogP contribution is 2.16. The second-order valence-electron chi connectivity index (χ2n) is 5.50. The first kappa shape index (κ1) is 21.1. The Kier molecular flexibility index (Phi) is 8.93. The number of carboxylic acids is 1. The quantitative estimate of drug-likeness (QED) is 0.872. The summed E-state index contributed by atoms with van der Waals surface area (Å²) in [6.07, 6.45) is 0.203. The minimum Gasteiger partial charge on any atom is -0.480 e. The van der Waals surface area contributed by atoms with Crippen LogP contribution in [0.25, 0.3) is 0 Å². The molecule has 7 heteroatoms. The second-order valence-corrected chi connectivity index (χ2v) is 5.50. The lowest BCUT2D eigenvalue weighted by atomic mass is 10.0. The molecule has 2 atom stereocenters. The van der Waals surface area contributed by atoms with Gasteiger partial charge in [-0.3, -0.25) is 9.69 Å². The standard InChI is InChI=1S/C15H21FN2O2.2ClH/c1-10-3-4-12(13(16)7-10)8-14(15(19)20)18-6-5-17-11(2)9-18;;/h3-4,7,11,14,17H,5-6,8-9H2,1-2H3,(H,19,20);2*1H/t11-,14?;;/m0../s1. The predicted octanol–water partition coefficient (Wildman–Crippen LogP) is 2.27. The third-order valence-corrected chi connectivity index (χ3v) is 3.75. The van der Waals surface area contributed by atoms with Gasteiger partial charge in [0, 0.05) is 32.1 Å². The van der Waals surface area contributed by atoms with Gasteiger partial charge in [0.15, 0.2) is 0 Å². The van der Waals surface area contributed by atoms with E-state index in [2.05, 4.69) is 5.32 Å². The van der Waals surface area contributed by atoms with Gasteiger partial charge in [-0.25, -0.2) is 4.39 Å². The fourth-order valence-corrected chi connectivity index (χ4v) is 2.64. The third kappa shape index (κ3) is 5.39. The Bertz CT molecular complexity index is 502. The number of piperazine rings is 1. The minimum atomic E-state index is -0.890. The normalized spacial score (nSPS) is 19.7. The van der Waals surface area contributed by atoms with Crippen LogP contribution in [0.5, 0.6) is 0 Å². The molecule has 4 nitrogen and oxygen atoms in total. The van der Waals surface area contributed by atoms with Gasteiger partial charge in [0.25, 0.3) is 0 Å². The highest BCUT2D eigenvalue weighted by Gasteiger charge is 2.29. The maximum Gasteiger partial charge on any atom is 0.321 e. The average Bonchev–Trinajstić information content (AvgIpc) is 2.37. The fourth-order valence-electron chi connectivity index (χ4n) is 2.64. The fraction of sp³-hybridized carbons (Fsp3) is 0.533. The van der Waals surface area contributed by atoms with Crippen LogP contribution in [0.3, 0.4) is 0 Å². The molecule has 0 spiro atoms. The molecule has 1 aliphatic heterocycles. The second kappa shape index (κ2) is 9.30. The molecule has 0 saturated carbocycles. The molecule has 2 rings (SSSR count). The van der Waals surface area contributed by atoms with Gasteiger partial charge in [-0.1, -0.05) is 12.1 Å². The zero-order valence-electron chi connectivity index (χ0n) is 12.7. The van der Waals surface area contributed by atoms with Crippen LogP contribution in [0.15, 0.2) is 18.2 Å². The van der Waals surface area contributed by atoms with E-state index >= 15 is 0 Å². The van der Waals surface area contributed by atoms with Crippen molar-refractivity contribution in [2.24, 2.45) is 0 Å². The molecule has 1 heterocycles. The van der Waals surface area contributed by atoms with Gasteiger partial charge < -0.3 is 10.4 Å². The number of carboxylic acid groups (broad SMARTS) is 1. The van der Waals surface area contributed by atoms with Gasteiger partial charge in [0.2, 0.25) is 0 Å². The first-order valence-electron chi connectivity index (χ1n) is 6.92. The van der Waals surface area contributed by atoms with Crippen LogP contribution in [-0.2, 0) is 11.2 Å². The summed E-state index contributed by atoms with van der Waals surface area (Å²) in [5.41, 5.74) is 1.31. The molecule has 1 fully saturated rings. The molecule has 1 aliphatic rings. The van der Waals surface area contributed by atoms with Crippen molar-refractivity contribution in [2.75, 3.05) is 19.6 Å². The van der Waals surface area contributed by atoms with Crippen LogP contribution in [0.2, 0.25) is 0 Å². The van der Waals surface area contributed by atoms with Crippen molar-refractivity contribution in [3.05, 3.63) is 35.1 Å². The van der Waals surface area contributed by atoms with Crippen LogP contribution in [0.1, 0.15) is 18.1 Å². The van der Waals surface area contributed by atoms with Gasteiger partial charge in [0.05, 0.1) is 0 Å². The van der Waals surface area contributed by atoms with Crippen molar-refractivity contribution < 1.29 is 14.3 Å². The Morgan fingerprint density at radius 2 is 2.18 bits per heavy atom. The minimum absolute atomic E-state index is 0. The lowest BCUT2D eigenvalue weighted by molar-refractivity contribution is -0.143. The highest BCUT2D eigenvalue weighted by atomic mass is 35.5. The van der Waals surface area contributed by atoms with E-state index in [4.69, 9.17) is 0 Å². The molecule has 0 aromatic heterocycles. The lowest BCUT2D eigenvalue weighted by Crippen LogP contribution is -2.55. The van der Waals surface area contributed by atoms with E-state index < -0.39 is 12.0 Å². The van der Waals surface area contributed by atoms with Gasteiger partial charge in [-0.2, -0.15) is 0 Å². The van der Waals surface area contributed by atoms with E-state index in [0.29, 0.717) is 18.7 Å². The van der Waals surface area contributed by atoms with Crippen LogP contribution in [-0.4, -0.2) is 47.7 Å². The van der Waals surface area contributed by atoms with E-state index in [9.17, 15) is 14.3 Å². The molecular weight excluding hydrogens is 330 g/mol. The molecule has 0 radical (unpaired) electrons. The molecule has 126 valence electrons. The van der Waals surface area contributed by atoms with Gasteiger partial charge in [0.1, 0.15) is 11.9 Å². The number of halogens is 3. The lowest BCUT2D eigenvalue weighted by Gasteiger charge is -2.35. The molecule has 22 heavy (non-hydrogen) atoms. The summed E-state index contributed by atoms with van der Waals surface area (Å²) >= 11 is 0. The summed E-state index contributed by atoms with van der Waals surface area (Å²) in [6.45, 7) is 5.96. The number of hydrogen-bond donors (Lipinski definition) is 2. The summed E-state index contributed by atoms with van der Waals surface area (Å²) in [6, 6.07) is 4.55.